The van der Waals surface area contributed by atoms with Crippen molar-refractivity contribution >= 4 is 27.6 Å². The largest absolute Gasteiger partial charge is 0.478 e. The van der Waals surface area contributed by atoms with E-state index < -0.39 is 21.7 Å². The van der Waals surface area contributed by atoms with Gasteiger partial charge in [0.2, 0.25) is 0 Å². The van der Waals surface area contributed by atoms with Gasteiger partial charge in [-0.1, -0.05) is 0 Å². The van der Waals surface area contributed by atoms with E-state index in [0.29, 0.717) is 0 Å². The number of nitrogen functional groups attached to an aromatic ring is 1. The lowest BCUT2D eigenvalue weighted by Gasteiger charge is -2.27. The zero-order valence-electron chi connectivity index (χ0n) is 11.8. The van der Waals surface area contributed by atoms with Crippen LogP contribution in [0.15, 0.2) is 18.2 Å². The van der Waals surface area contributed by atoms with E-state index in [4.69, 9.17) is 10.8 Å². The van der Waals surface area contributed by atoms with Gasteiger partial charge in [-0.15, -0.1) is 0 Å². The number of nitrogens with zero attached hydrogens (tertiary/aromatic N) is 1. The molecule has 8 heteroatoms. The predicted molar refractivity (Wildman–Crippen MR) is 78.0 cm³/mol. The van der Waals surface area contributed by atoms with Crippen molar-refractivity contribution in [1.29, 1.82) is 0 Å². The standard InChI is InChI=1S/C12H19N3O4S/c1-12(2,3)14-20(18,19)15(4)10-6-5-8(13)7-9(10)11(16)17/h5-7,14H,13H2,1-4H3,(H,16,17). The molecule has 7 nitrogen and oxygen atoms in total. The summed E-state index contributed by atoms with van der Waals surface area (Å²) in [6, 6.07) is 4.03. The van der Waals surface area contributed by atoms with Crippen LogP contribution in [-0.2, 0) is 10.2 Å². The van der Waals surface area contributed by atoms with E-state index >= 15 is 0 Å². The highest BCUT2D eigenvalue weighted by Crippen LogP contribution is 2.24. The number of nitrogens with two attached hydrogens (primary N) is 1. The lowest BCUT2D eigenvalue weighted by atomic mass is 10.1. The van der Waals surface area contributed by atoms with Gasteiger partial charge >= 0.3 is 16.2 Å². The van der Waals surface area contributed by atoms with Gasteiger partial charge in [-0.2, -0.15) is 13.1 Å². The predicted octanol–water partition coefficient (Wildman–Crippen LogP) is 1.04. The number of benzene rings is 1. The minimum atomic E-state index is -3.86. The number of nitrogens with one attached hydrogen (secondary N) is 1. The summed E-state index contributed by atoms with van der Waals surface area (Å²) in [7, 11) is -2.58. The summed E-state index contributed by atoms with van der Waals surface area (Å²) >= 11 is 0. The van der Waals surface area contributed by atoms with Crippen LogP contribution < -0.4 is 14.8 Å². The molecule has 0 aliphatic carbocycles. The fourth-order valence-electron chi connectivity index (χ4n) is 1.58. The summed E-state index contributed by atoms with van der Waals surface area (Å²) in [6.45, 7) is 5.08. The molecule has 0 amide bonds. The van der Waals surface area contributed by atoms with Gasteiger partial charge in [0.15, 0.2) is 0 Å². The van der Waals surface area contributed by atoms with Gasteiger partial charge in [0.05, 0.1) is 11.3 Å². The second kappa shape index (κ2) is 5.29. The topological polar surface area (TPSA) is 113 Å². The molecule has 1 rings (SSSR count). The summed E-state index contributed by atoms with van der Waals surface area (Å²) in [5.74, 6) is -1.25. The Bertz CT molecular complexity index is 620. The van der Waals surface area contributed by atoms with Crippen molar-refractivity contribution in [2.75, 3.05) is 17.1 Å². The molecule has 1 aromatic rings. The number of carboxylic acid groups (broad SMARTS) is 1. The molecule has 0 aliphatic heterocycles. The highest BCUT2D eigenvalue weighted by atomic mass is 32.2. The van der Waals surface area contributed by atoms with Crippen LogP contribution in [-0.4, -0.2) is 32.1 Å². The Labute approximate surface area is 118 Å². The molecule has 4 N–H and O–H groups in total. The van der Waals surface area contributed by atoms with Crippen LogP contribution in [0.3, 0.4) is 0 Å². The van der Waals surface area contributed by atoms with Crippen LogP contribution >= 0.6 is 0 Å². The Balaban J connectivity index is 3.28. The zero-order chi connectivity index (χ0) is 15.7. The minimum absolute atomic E-state index is 0.0449. The summed E-state index contributed by atoms with van der Waals surface area (Å²) in [5.41, 5.74) is 4.97. The first-order valence-corrected chi connectivity index (χ1v) is 7.29. The summed E-state index contributed by atoms with van der Waals surface area (Å²) in [5, 5.41) is 9.14. The van der Waals surface area contributed by atoms with E-state index in [1.165, 1.54) is 25.2 Å². The first-order valence-electron chi connectivity index (χ1n) is 5.85. The number of carboxylic acids is 1. The molecule has 0 spiro atoms. The quantitative estimate of drug-likeness (QED) is 0.719. The minimum Gasteiger partial charge on any atom is -0.478 e. The number of hydrogen-bond donors (Lipinski definition) is 3. The van der Waals surface area contributed by atoms with Crippen LogP contribution in [0.5, 0.6) is 0 Å². The molecule has 112 valence electrons. The maximum atomic E-state index is 12.2. The van der Waals surface area contributed by atoms with Gasteiger partial charge in [-0.05, 0) is 39.0 Å². The van der Waals surface area contributed by atoms with Crippen LogP contribution in [0.4, 0.5) is 11.4 Å². The van der Waals surface area contributed by atoms with Crippen molar-refractivity contribution in [3.05, 3.63) is 23.8 Å². The van der Waals surface area contributed by atoms with E-state index in [1.807, 2.05) is 0 Å². The molecule has 0 fully saturated rings. The second-order valence-electron chi connectivity index (χ2n) is 5.41. The van der Waals surface area contributed by atoms with Crippen LogP contribution in [0.1, 0.15) is 31.1 Å². The van der Waals surface area contributed by atoms with Gasteiger partial charge in [0.1, 0.15) is 0 Å². The van der Waals surface area contributed by atoms with E-state index in [9.17, 15) is 13.2 Å². The molecule has 0 heterocycles. The number of carbonyl (C=O) groups is 1. The molecule has 0 aliphatic rings. The van der Waals surface area contributed by atoms with Crippen molar-refractivity contribution in [2.45, 2.75) is 26.3 Å². The Morgan fingerprint density at radius 1 is 1.35 bits per heavy atom. The number of rotatable bonds is 4. The van der Waals surface area contributed by atoms with Gasteiger partial charge in [-0.25, -0.2) is 4.79 Å². The molecular weight excluding hydrogens is 282 g/mol. The molecule has 0 aromatic heterocycles. The molecule has 0 atom stereocenters. The number of aromatic carboxylic acids is 1. The third-order valence-electron chi connectivity index (χ3n) is 2.39. The highest BCUT2D eigenvalue weighted by Gasteiger charge is 2.27. The van der Waals surface area contributed by atoms with Gasteiger partial charge < -0.3 is 10.8 Å². The Morgan fingerprint density at radius 2 is 1.90 bits per heavy atom. The number of anilines is 2. The maximum absolute atomic E-state index is 12.2. The summed E-state index contributed by atoms with van der Waals surface area (Å²) in [4.78, 5) is 11.2. The molecule has 0 unspecified atom stereocenters. The molecule has 0 radical (unpaired) electrons. The van der Waals surface area contributed by atoms with Gasteiger partial charge in [0, 0.05) is 18.3 Å². The Kier molecular flexibility index (Phi) is 4.30. The highest BCUT2D eigenvalue weighted by molar-refractivity contribution is 7.90. The van der Waals surface area contributed by atoms with Crippen molar-refractivity contribution in [1.82, 2.24) is 4.72 Å². The molecule has 0 saturated carbocycles. The average molecular weight is 301 g/mol. The molecular formula is C12H19N3O4S. The fraction of sp³-hybridized carbons (Fsp3) is 0.417. The SMILES string of the molecule is CN(c1ccc(N)cc1C(=O)O)S(=O)(=O)NC(C)(C)C. The molecule has 20 heavy (non-hydrogen) atoms. The third-order valence-corrected chi connectivity index (χ3v) is 4.17. The second-order valence-corrected chi connectivity index (χ2v) is 7.11. The monoisotopic (exact) mass is 301 g/mol. The lowest BCUT2D eigenvalue weighted by Crippen LogP contribution is -2.48. The van der Waals surface area contributed by atoms with E-state index in [2.05, 4.69) is 4.72 Å². The van der Waals surface area contributed by atoms with Crippen LogP contribution in [0.2, 0.25) is 0 Å². The van der Waals surface area contributed by atoms with Crippen molar-refractivity contribution in [2.24, 2.45) is 0 Å². The van der Waals surface area contributed by atoms with E-state index in [-0.39, 0.29) is 16.9 Å². The lowest BCUT2D eigenvalue weighted by molar-refractivity contribution is 0.0698. The smallest absolute Gasteiger partial charge is 0.337 e. The number of hydrogen-bond acceptors (Lipinski definition) is 4. The summed E-state index contributed by atoms with van der Waals surface area (Å²) in [6.07, 6.45) is 0. The van der Waals surface area contributed by atoms with Crippen molar-refractivity contribution in [3.63, 3.8) is 0 Å². The molecule has 1 aromatic carbocycles. The molecule has 0 bridgehead atoms. The van der Waals surface area contributed by atoms with Crippen molar-refractivity contribution < 1.29 is 18.3 Å². The third kappa shape index (κ3) is 3.84. The van der Waals surface area contributed by atoms with Gasteiger partial charge in [0.25, 0.3) is 0 Å². The van der Waals surface area contributed by atoms with Crippen molar-refractivity contribution in [3.8, 4) is 0 Å². The summed E-state index contributed by atoms with van der Waals surface area (Å²) < 4.78 is 27.7. The fourth-order valence-corrected chi connectivity index (χ4v) is 2.91. The average Bonchev–Trinajstić information content (AvgIpc) is 2.24. The van der Waals surface area contributed by atoms with Crippen LogP contribution in [0.25, 0.3) is 0 Å². The van der Waals surface area contributed by atoms with Crippen LogP contribution in [0, 0.1) is 0 Å². The molecule has 0 saturated heterocycles. The van der Waals surface area contributed by atoms with E-state index in [1.54, 1.807) is 20.8 Å². The van der Waals surface area contributed by atoms with Gasteiger partial charge in [-0.3, -0.25) is 4.31 Å². The first-order chi connectivity index (χ1) is 8.94. The maximum Gasteiger partial charge on any atom is 0.337 e. The Hall–Kier alpha value is -1.80. The Morgan fingerprint density at radius 3 is 2.35 bits per heavy atom. The first kappa shape index (κ1) is 16.3. The zero-order valence-corrected chi connectivity index (χ0v) is 12.7. The van der Waals surface area contributed by atoms with E-state index in [0.717, 1.165) is 4.31 Å². The normalized spacial score (nSPS) is 12.2.